The van der Waals surface area contributed by atoms with Crippen molar-refractivity contribution in [3.8, 4) is 28.3 Å². The minimum absolute atomic E-state index is 0.0194. The number of nitrogens with zero attached hydrogens (tertiary/aromatic N) is 3. The maximum atomic E-state index is 13.0. The van der Waals surface area contributed by atoms with Gasteiger partial charge in [0.15, 0.2) is 0 Å². The number of fused-ring (bicyclic) bond motifs is 1. The van der Waals surface area contributed by atoms with Crippen molar-refractivity contribution in [2.45, 2.75) is 59.8 Å². The summed E-state index contributed by atoms with van der Waals surface area (Å²) in [5.41, 5.74) is 18.4. The lowest BCUT2D eigenvalue weighted by Gasteiger charge is -2.20. The van der Waals surface area contributed by atoms with Gasteiger partial charge in [-0.3, -0.25) is 18.7 Å². The van der Waals surface area contributed by atoms with Crippen LogP contribution >= 0.6 is 11.6 Å². The molecule has 2 aromatic heterocycles. The molecule has 2 aliphatic rings. The van der Waals surface area contributed by atoms with E-state index in [0.717, 1.165) is 77.7 Å². The number of nitrogens with one attached hydrogen (secondary N) is 2. The Morgan fingerprint density at radius 3 is 2.38 bits per heavy atom. The molecular weight excluding hydrogens is 694 g/mol. The Bertz CT molecular complexity index is 2190. The third-order valence-electron chi connectivity index (χ3n) is 9.51. The first kappa shape index (κ1) is 40.7. The zero-order valence-corrected chi connectivity index (χ0v) is 32.5. The summed E-state index contributed by atoms with van der Waals surface area (Å²) in [6, 6.07) is 13.7. The van der Waals surface area contributed by atoms with Crippen LogP contribution in [0.25, 0.3) is 34.4 Å². The fraction of sp³-hybridized carbons (Fsp3) is 0.400. The van der Waals surface area contributed by atoms with Crippen molar-refractivity contribution in [3.05, 3.63) is 95.6 Å². The number of pyridine rings is 1. The Morgan fingerprint density at radius 1 is 1.06 bits per heavy atom. The molecule has 0 saturated carbocycles. The SMILES string of the molecule is CC.CCOC(=O)C1CCNCC1.COc1nc(-c2cccc(-c3cccc(N/C(N)=c4\c(=O)n(C)c(=O)n(C)\c4=C\N)c3C)c2Cl)cc2c1CCC2. The van der Waals surface area contributed by atoms with Gasteiger partial charge in [0.2, 0.25) is 5.88 Å². The molecule has 1 aliphatic carbocycles. The first-order chi connectivity index (χ1) is 25.5. The summed E-state index contributed by atoms with van der Waals surface area (Å²) >= 11 is 7.03. The summed E-state index contributed by atoms with van der Waals surface area (Å²) in [5.74, 6) is 0.853. The molecule has 0 amide bonds. The second-order valence-corrected chi connectivity index (χ2v) is 13.0. The van der Waals surface area contributed by atoms with Gasteiger partial charge in [-0.05, 0) is 87.9 Å². The van der Waals surface area contributed by atoms with E-state index in [1.807, 2.05) is 64.1 Å². The summed E-state index contributed by atoms with van der Waals surface area (Å²) in [6.45, 7) is 10.2. The van der Waals surface area contributed by atoms with E-state index in [1.165, 1.54) is 36.0 Å². The number of carbonyl (C=O) groups excluding carboxylic acids is 1. The number of rotatable bonds is 7. The number of piperidine rings is 1. The molecule has 0 spiro atoms. The van der Waals surface area contributed by atoms with Crippen LogP contribution in [0, 0.1) is 12.8 Å². The van der Waals surface area contributed by atoms with Crippen LogP contribution in [0.3, 0.4) is 0 Å². The maximum Gasteiger partial charge on any atom is 0.330 e. The molecule has 53 heavy (non-hydrogen) atoms. The van der Waals surface area contributed by atoms with Crippen molar-refractivity contribution in [2.24, 2.45) is 31.5 Å². The topological polar surface area (TPSA) is 169 Å². The molecule has 1 fully saturated rings. The summed E-state index contributed by atoms with van der Waals surface area (Å²) in [7, 11) is 4.57. The van der Waals surface area contributed by atoms with Gasteiger partial charge in [0.25, 0.3) is 5.56 Å². The quantitative estimate of drug-likeness (QED) is 0.205. The van der Waals surface area contributed by atoms with Crippen molar-refractivity contribution in [3.63, 3.8) is 0 Å². The highest BCUT2D eigenvalue weighted by Crippen LogP contribution is 2.40. The number of aromatic nitrogens is 3. The van der Waals surface area contributed by atoms with E-state index >= 15 is 0 Å². The fourth-order valence-corrected chi connectivity index (χ4v) is 7.01. The Morgan fingerprint density at radius 2 is 1.72 bits per heavy atom. The van der Waals surface area contributed by atoms with Crippen molar-refractivity contribution in [1.82, 2.24) is 19.4 Å². The minimum atomic E-state index is -0.549. The van der Waals surface area contributed by atoms with E-state index < -0.39 is 11.2 Å². The van der Waals surface area contributed by atoms with Crippen LogP contribution in [0.1, 0.15) is 56.7 Å². The maximum absolute atomic E-state index is 13.0. The summed E-state index contributed by atoms with van der Waals surface area (Å²) < 4.78 is 12.8. The lowest BCUT2D eigenvalue weighted by atomic mass is 9.96. The number of esters is 1. The van der Waals surface area contributed by atoms with Gasteiger partial charge in [0.1, 0.15) is 11.0 Å². The van der Waals surface area contributed by atoms with E-state index in [1.54, 1.807) is 7.11 Å². The van der Waals surface area contributed by atoms with Gasteiger partial charge in [-0.1, -0.05) is 55.8 Å². The highest BCUT2D eigenvalue weighted by Gasteiger charge is 2.22. The average Bonchev–Trinajstić information content (AvgIpc) is 3.66. The van der Waals surface area contributed by atoms with Gasteiger partial charge in [-0.25, -0.2) is 9.78 Å². The van der Waals surface area contributed by atoms with Crippen LogP contribution in [0.15, 0.2) is 52.1 Å². The molecule has 6 N–H and O–H groups in total. The standard InChI is InChI=1S/C30H31ClN6O3.C8H15NO2.C2H6/c1-16-18(9-7-13-22(16)34-27(33)25-24(15-32)36(2)30(39)37(3)29(25)38)20-11-6-12-21(26(20)31)23-14-17-8-5-10-19(17)28(35-23)40-4;1-2-11-8(10)7-3-5-9-6-4-7;1-2/h6-7,9,11-15,34H,5,8,10,32-33H2,1-4H3;7,9H,2-6H2,1H3;1-2H3/b24-15+,27-25-;;. The van der Waals surface area contributed by atoms with Crippen molar-refractivity contribution in [2.75, 3.05) is 32.1 Å². The number of hydrogen-bond donors (Lipinski definition) is 4. The lowest BCUT2D eigenvalue weighted by molar-refractivity contribution is -0.148. The van der Waals surface area contributed by atoms with Gasteiger partial charge < -0.3 is 31.6 Å². The molecule has 13 heteroatoms. The van der Waals surface area contributed by atoms with E-state index in [4.69, 9.17) is 37.5 Å². The van der Waals surface area contributed by atoms with E-state index in [-0.39, 0.29) is 28.3 Å². The predicted molar refractivity (Wildman–Crippen MR) is 213 cm³/mol. The number of halogens is 1. The molecule has 284 valence electrons. The largest absolute Gasteiger partial charge is 0.481 e. The van der Waals surface area contributed by atoms with Gasteiger partial charge >= 0.3 is 11.7 Å². The molecule has 4 aromatic rings. The van der Waals surface area contributed by atoms with E-state index in [0.29, 0.717) is 23.2 Å². The molecule has 0 atom stereocenters. The third-order valence-corrected chi connectivity index (χ3v) is 9.92. The van der Waals surface area contributed by atoms with Gasteiger partial charge in [0, 0.05) is 42.7 Å². The van der Waals surface area contributed by atoms with Crippen LogP contribution < -0.4 is 48.7 Å². The van der Waals surface area contributed by atoms with Gasteiger partial charge in [0.05, 0.1) is 35.7 Å². The molecule has 0 radical (unpaired) electrons. The van der Waals surface area contributed by atoms with Crippen LogP contribution in [0.4, 0.5) is 5.69 Å². The molecule has 1 aliphatic heterocycles. The second-order valence-electron chi connectivity index (χ2n) is 12.6. The number of carbonyl (C=O) groups is 1. The number of ether oxygens (including phenoxy) is 2. The van der Waals surface area contributed by atoms with Crippen molar-refractivity contribution >= 4 is 35.3 Å². The number of benzene rings is 2. The normalized spacial score (nSPS) is 14.6. The van der Waals surface area contributed by atoms with Crippen molar-refractivity contribution in [1.29, 1.82) is 0 Å². The zero-order valence-electron chi connectivity index (χ0n) is 31.8. The Kier molecular flexibility index (Phi) is 14.3. The first-order valence-electron chi connectivity index (χ1n) is 18.1. The van der Waals surface area contributed by atoms with E-state index in [2.05, 4.69) is 16.7 Å². The minimum Gasteiger partial charge on any atom is -0.481 e. The number of aryl methyl sites for hydroxylation is 1. The van der Waals surface area contributed by atoms with Gasteiger partial charge in [-0.2, -0.15) is 0 Å². The average molecular weight is 746 g/mol. The number of methoxy groups -OCH3 is 1. The van der Waals surface area contributed by atoms with Crippen LogP contribution in [0.5, 0.6) is 5.88 Å². The highest BCUT2D eigenvalue weighted by atomic mass is 35.5. The molecule has 3 heterocycles. The van der Waals surface area contributed by atoms with Crippen LogP contribution in [-0.2, 0) is 36.5 Å². The Balaban J connectivity index is 0.000000411. The number of anilines is 1. The molecule has 0 bridgehead atoms. The first-order valence-corrected chi connectivity index (χ1v) is 18.5. The monoisotopic (exact) mass is 745 g/mol. The molecule has 0 unspecified atom stereocenters. The van der Waals surface area contributed by atoms with Gasteiger partial charge in [-0.15, -0.1) is 0 Å². The smallest absolute Gasteiger partial charge is 0.330 e. The molecule has 12 nitrogen and oxygen atoms in total. The summed E-state index contributed by atoms with van der Waals surface area (Å²) in [4.78, 5) is 41.3. The van der Waals surface area contributed by atoms with Crippen LogP contribution in [0.2, 0.25) is 5.02 Å². The highest BCUT2D eigenvalue weighted by molar-refractivity contribution is 6.36. The van der Waals surface area contributed by atoms with E-state index in [9.17, 15) is 14.4 Å². The Labute approximate surface area is 315 Å². The fourth-order valence-electron chi connectivity index (χ4n) is 6.69. The Hall–Kier alpha value is -5.07. The number of nitrogens with two attached hydrogens (primary N) is 2. The third kappa shape index (κ3) is 8.77. The summed E-state index contributed by atoms with van der Waals surface area (Å²) in [6.07, 6.45) is 6.10. The molecule has 2 aromatic carbocycles. The molecular formula is C40H52ClN7O5. The summed E-state index contributed by atoms with van der Waals surface area (Å²) in [5, 5.41) is 7.25. The number of hydrogen-bond acceptors (Lipinski definition) is 10. The zero-order chi connectivity index (χ0) is 38.8. The van der Waals surface area contributed by atoms with Crippen LogP contribution in [-0.4, -0.2) is 46.9 Å². The predicted octanol–water partition coefficient (Wildman–Crippen LogP) is 3.68. The molecule has 1 saturated heterocycles. The lowest BCUT2D eigenvalue weighted by Crippen LogP contribution is -2.59. The van der Waals surface area contributed by atoms with Crippen molar-refractivity contribution < 1.29 is 14.3 Å². The molecule has 6 rings (SSSR count). The second kappa shape index (κ2) is 18.6.